The lowest BCUT2D eigenvalue weighted by molar-refractivity contribution is -0.148. The second kappa shape index (κ2) is 9.13. The van der Waals surface area contributed by atoms with Gasteiger partial charge in [0.2, 0.25) is 0 Å². The van der Waals surface area contributed by atoms with Crippen LogP contribution in [0.2, 0.25) is 0 Å². The van der Waals surface area contributed by atoms with E-state index in [-0.39, 0.29) is 43.2 Å². The molecule has 3 N–H and O–H groups in total. The average Bonchev–Trinajstić information content (AvgIpc) is 3.23. The van der Waals surface area contributed by atoms with E-state index in [0.717, 1.165) is 25.7 Å². The van der Waals surface area contributed by atoms with Crippen molar-refractivity contribution in [1.82, 2.24) is 10.2 Å². The van der Waals surface area contributed by atoms with Crippen molar-refractivity contribution in [3.05, 3.63) is 23.8 Å². The molecular weight excluding hydrogens is 402 g/mol. The largest absolute Gasteiger partial charge is 0.490 e. The number of fused-ring (bicyclic) bond motifs is 2. The predicted molar refractivity (Wildman–Crippen MR) is 112 cm³/mol. The van der Waals surface area contributed by atoms with E-state index in [1.54, 1.807) is 30.1 Å². The molecule has 3 amide bonds. The molecule has 1 saturated carbocycles. The number of hydrogen-bond donors (Lipinski definition) is 3. The van der Waals surface area contributed by atoms with Crippen LogP contribution in [0, 0.1) is 0 Å². The zero-order chi connectivity index (χ0) is 22.0. The third-order valence-corrected chi connectivity index (χ3v) is 6.36. The van der Waals surface area contributed by atoms with Crippen LogP contribution in [0.1, 0.15) is 55.3 Å². The third kappa shape index (κ3) is 4.92. The van der Waals surface area contributed by atoms with Crippen molar-refractivity contribution < 1.29 is 29.0 Å². The van der Waals surface area contributed by atoms with Gasteiger partial charge in [-0.2, -0.15) is 0 Å². The van der Waals surface area contributed by atoms with E-state index in [4.69, 9.17) is 14.6 Å². The fraction of sp³-hybridized carbons (Fsp3) is 0.591. The molecule has 0 aromatic heterocycles. The first-order valence-corrected chi connectivity index (χ1v) is 10.9. The van der Waals surface area contributed by atoms with E-state index >= 15 is 0 Å². The fourth-order valence-corrected chi connectivity index (χ4v) is 4.72. The molecule has 1 saturated heterocycles. The molecule has 31 heavy (non-hydrogen) atoms. The number of rotatable bonds is 4. The van der Waals surface area contributed by atoms with Crippen LogP contribution in [0.15, 0.2) is 18.2 Å². The number of benzene rings is 1. The molecule has 2 aliphatic heterocycles. The Morgan fingerprint density at radius 2 is 1.97 bits per heavy atom. The molecule has 0 bridgehead atoms. The van der Waals surface area contributed by atoms with Crippen LogP contribution < -0.4 is 15.4 Å². The number of nitrogens with one attached hydrogen (secondary N) is 2. The summed E-state index contributed by atoms with van der Waals surface area (Å²) in [6.45, 7) is 0.223. The predicted octanol–water partition coefficient (Wildman–Crippen LogP) is 2.61. The molecule has 3 atom stereocenters. The minimum Gasteiger partial charge on any atom is -0.490 e. The first-order valence-electron chi connectivity index (χ1n) is 10.9. The monoisotopic (exact) mass is 431 g/mol. The van der Waals surface area contributed by atoms with E-state index in [2.05, 4.69) is 10.6 Å². The molecule has 0 unspecified atom stereocenters. The Labute approximate surface area is 181 Å². The SMILES string of the molecule is CN1C(=O)c2cc(NC(=O)NC3CCCC3)ccc2OC[C@@H]2O[C@H](CC(=O)O)CC[C@H]21. The highest BCUT2D eigenvalue weighted by Crippen LogP contribution is 2.32. The Morgan fingerprint density at radius 1 is 1.19 bits per heavy atom. The highest BCUT2D eigenvalue weighted by atomic mass is 16.5. The summed E-state index contributed by atoms with van der Waals surface area (Å²) < 4.78 is 11.8. The Morgan fingerprint density at radius 3 is 2.71 bits per heavy atom. The smallest absolute Gasteiger partial charge is 0.319 e. The minimum atomic E-state index is -0.901. The number of urea groups is 1. The first-order chi connectivity index (χ1) is 14.9. The second-order valence-electron chi connectivity index (χ2n) is 8.56. The van der Waals surface area contributed by atoms with E-state index < -0.39 is 12.1 Å². The Hall–Kier alpha value is -2.81. The maximum atomic E-state index is 13.2. The molecule has 0 spiro atoms. The summed E-state index contributed by atoms with van der Waals surface area (Å²) in [5.74, 6) is -0.701. The van der Waals surface area contributed by atoms with Crippen molar-refractivity contribution in [3.63, 3.8) is 0 Å². The first kappa shape index (κ1) is 21.4. The van der Waals surface area contributed by atoms with Gasteiger partial charge in [-0.25, -0.2) is 4.79 Å². The summed E-state index contributed by atoms with van der Waals surface area (Å²) in [7, 11) is 1.73. The van der Waals surface area contributed by atoms with Gasteiger partial charge in [0.25, 0.3) is 5.91 Å². The van der Waals surface area contributed by atoms with Gasteiger partial charge in [0, 0.05) is 18.8 Å². The quantitative estimate of drug-likeness (QED) is 0.675. The number of anilines is 1. The summed E-state index contributed by atoms with van der Waals surface area (Å²) in [6, 6.07) is 4.74. The van der Waals surface area contributed by atoms with Gasteiger partial charge in [-0.3, -0.25) is 9.59 Å². The van der Waals surface area contributed by atoms with E-state index in [1.807, 2.05) is 0 Å². The highest BCUT2D eigenvalue weighted by Gasteiger charge is 2.39. The van der Waals surface area contributed by atoms with Gasteiger partial charge >= 0.3 is 12.0 Å². The van der Waals surface area contributed by atoms with E-state index in [0.29, 0.717) is 29.8 Å². The van der Waals surface area contributed by atoms with Crippen LogP contribution in [0.3, 0.4) is 0 Å². The van der Waals surface area contributed by atoms with Gasteiger partial charge in [-0.15, -0.1) is 0 Å². The Bertz CT molecular complexity index is 854. The molecule has 9 heteroatoms. The lowest BCUT2D eigenvalue weighted by atomic mass is 9.94. The second-order valence-corrected chi connectivity index (χ2v) is 8.56. The van der Waals surface area contributed by atoms with Gasteiger partial charge in [0.15, 0.2) is 0 Å². The maximum Gasteiger partial charge on any atom is 0.319 e. The van der Waals surface area contributed by atoms with Crippen LogP contribution in [0.25, 0.3) is 0 Å². The summed E-state index contributed by atoms with van der Waals surface area (Å²) in [6.07, 6.45) is 4.63. The third-order valence-electron chi connectivity index (χ3n) is 6.36. The Balaban J connectivity index is 1.47. The number of amides is 3. The van der Waals surface area contributed by atoms with Crippen molar-refractivity contribution in [2.75, 3.05) is 19.0 Å². The van der Waals surface area contributed by atoms with Gasteiger partial charge in [-0.05, 0) is 43.9 Å². The highest BCUT2D eigenvalue weighted by molar-refractivity contribution is 5.99. The number of ether oxygens (including phenoxy) is 2. The number of carboxylic acids is 1. The number of nitrogens with zero attached hydrogens (tertiary/aromatic N) is 1. The van der Waals surface area contributed by atoms with Crippen LogP contribution in [0.4, 0.5) is 10.5 Å². The van der Waals surface area contributed by atoms with E-state index in [9.17, 15) is 14.4 Å². The maximum absolute atomic E-state index is 13.2. The summed E-state index contributed by atoms with van der Waals surface area (Å²) in [4.78, 5) is 38.2. The molecule has 3 aliphatic rings. The van der Waals surface area contributed by atoms with Crippen molar-refractivity contribution in [2.45, 2.75) is 69.2 Å². The van der Waals surface area contributed by atoms with Crippen LogP contribution in [-0.4, -0.2) is 65.9 Å². The lowest BCUT2D eigenvalue weighted by Gasteiger charge is -2.42. The standard InChI is InChI=1S/C22H29N3O6/c1-25-17-8-7-15(11-20(26)27)31-19(17)12-30-18-9-6-14(10-16(18)21(25)28)24-22(29)23-13-4-2-3-5-13/h6,9-10,13,15,17,19H,2-5,7-8,11-12H2,1H3,(H,26,27)(H2,23,24,29)/t15-,17+,19-/m0/s1. The minimum absolute atomic E-state index is 0.0601. The topological polar surface area (TPSA) is 117 Å². The summed E-state index contributed by atoms with van der Waals surface area (Å²) in [5, 5.41) is 14.8. The summed E-state index contributed by atoms with van der Waals surface area (Å²) in [5.41, 5.74) is 0.908. The molecule has 9 nitrogen and oxygen atoms in total. The van der Waals surface area contributed by atoms with Crippen LogP contribution >= 0.6 is 0 Å². The number of carbonyl (C=O) groups is 3. The number of hydrogen-bond acceptors (Lipinski definition) is 5. The molecule has 0 radical (unpaired) electrons. The van der Waals surface area contributed by atoms with Crippen molar-refractivity contribution in [2.24, 2.45) is 0 Å². The van der Waals surface area contributed by atoms with Crippen molar-refractivity contribution >= 4 is 23.6 Å². The van der Waals surface area contributed by atoms with Gasteiger partial charge in [0.1, 0.15) is 18.5 Å². The van der Waals surface area contributed by atoms with Gasteiger partial charge in [0.05, 0.1) is 24.1 Å². The van der Waals surface area contributed by atoms with Gasteiger partial charge < -0.3 is 30.1 Å². The molecule has 2 heterocycles. The summed E-state index contributed by atoms with van der Waals surface area (Å²) >= 11 is 0. The van der Waals surface area contributed by atoms with Crippen molar-refractivity contribution in [1.29, 1.82) is 0 Å². The van der Waals surface area contributed by atoms with E-state index in [1.165, 1.54) is 0 Å². The van der Waals surface area contributed by atoms with Crippen molar-refractivity contribution in [3.8, 4) is 5.75 Å². The molecule has 4 rings (SSSR count). The normalized spacial score (nSPS) is 26.2. The van der Waals surface area contributed by atoms with Crippen LogP contribution in [0.5, 0.6) is 5.75 Å². The molecule has 2 fully saturated rings. The van der Waals surface area contributed by atoms with Crippen LogP contribution in [-0.2, 0) is 9.53 Å². The molecule has 1 aromatic rings. The zero-order valence-electron chi connectivity index (χ0n) is 17.6. The molecular formula is C22H29N3O6. The number of aliphatic carboxylic acids is 1. The molecule has 1 aromatic carbocycles. The Kier molecular flexibility index (Phi) is 6.31. The average molecular weight is 431 g/mol. The fourth-order valence-electron chi connectivity index (χ4n) is 4.72. The lowest BCUT2D eigenvalue weighted by Crippen LogP contribution is -2.53. The zero-order valence-corrected chi connectivity index (χ0v) is 17.6. The van der Waals surface area contributed by atoms with Gasteiger partial charge in [-0.1, -0.05) is 12.8 Å². The number of likely N-dealkylation sites (N-methyl/N-ethyl adjacent to an activating group) is 1. The number of carboxylic acid groups (broad SMARTS) is 1. The molecule has 168 valence electrons. The number of carbonyl (C=O) groups excluding carboxylic acids is 2. The molecule has 1 aliphatic carbocycles.